The lowest BCUT2D eigenvalue weighted by Crippen LogP contribution is -2.14. The Hall–Kier alpha value is -0.820. The van der Waals surface area contributed by atoms with Gasteiger partial charge >= 0.3 is 5.97 Å². The molecule has 5 nitrogen and oxygen atoms in total. The maximum absolute atomic E-state index is 12.0. The Labute approximate surface area is 121 Å². The van der Waals surface area contributed by atoms with E-state index in [1.165, 1.54) is 12.1 Å². The summed E-state index contributed by atoms with van der Waals surface area (Å²) in [4.78, 5) is 10.7. The summed E-state index contributed by atoms with van der Waals surface area (Å²) in [5.41, 5.74) is -0.416. The monoisotopic (exact) mass is 326 g/mol. The largest absolute Gasteiger partial charge is 0.478 e. The smallest absolute Gasteiger partial charge is 0.338 e. The van der Waals surface area contributed by atoms with Crippen LogP contribution >= 0.6 is 23.2 Å². The van der Waals surface area contributed by atoms with Gasteiger partial charge in [-0.2, -0.15) is 0 Å². The molecule has 106 valence electrons. The first-order valence-corrected chi connectivity index (χ1v) is 7.74. The highest BCUT2D eigenvalue weighted by atomic mass is 35.5. The maximum Gasteiger partial charge on any atom is 0.338 e. The Morgan fingerprint density at radius 1 is 1.37 bits per heavy atom. The van der Waals surface area contributed by atoms with Crippen LogP contribution in [0, 0.1) is 0 Å². The lowest BCUT2D eigenvalue weighted by atomic mass is 10.2. The number of carbonyl (C=O) groups is 1. The van der Waals surface area contributed by atoms with Crippen LogP contribution in [0.1, 0.15) is 17.3 Å². The minimum atomic E-state index is -3.71. The van der Waals surface area contributed by atoms with E-state index in [0.29, 0.717) is 6.61 Å². The zero-order valence-corrected chi connectivity index (χ0v) is 12.3. The predicted octanol–water partition coefficient (Wildman–Crippen LogP) is 2.50. The lowest BCUT2D eigenvalue weighted by Gasteiger charge is -2.09. The van der Waals surface area contributed by atoms with Crippen LogP contribution in [0.5, 0.6) is 0 Å². The molecule has 0 atom stereocenters. The molecule has 19 heavy (non-hydrogen) atoms. The summed E-state index contributed by atoms with van der Waals surface area (Å²) < 4.78 is 29.0. The Bertz CT molecular complexity index is 583. The van der Waals surface area contributed by atoms with Crippen LogP contribution in [0.15, 0.2) is 17.0 Å². The summed E-state index contributed by atoms with van der Waals surface area (Å²) in [6.07, 6.45) is 0. The number of benzene rings is 1. The first-order chi connectivity index (χ1) is 8.81. The van der Waals surface area contributed by atoms with E-state index in [-0.39, 0.29) is 27.3 Å². The van der Waals surface area contributed by atoms with Gasteiger partial charge in [0.2, 0.25) is 0 Å². The third-order valence-corrected chi connectivity index (χ3v) is 4.84. The number of hydrogen-bond acceptors (Lipinski definition) is 4. The van der Waals surface area contributed by atoms with Crippen molar-refractivity contribution in [3.63, 3.8) is 0 Å². The predicted molar refractivity (Wildman–Crippen MR) is 72.0 cm³/mol. The molecule has 0 heterocycles. The first-order valence-electron chi connectivity index (χ1n) is 5.33. The molecule has 8 heteroatoms. The fourth-order valence-corrected chi connectivity index (χ4v) is 3.49. The Kier molecular flexibility index (Phi) is 5.61. The second kappa shape index (κ2) is 6.56. The van der Waals surface area contributed by atoms with Crippen molar-refractivity contribution >= 4 is 39.0 Å². The number of sulfone groups is 1. The molecule has 0 unspecified atom stereocenters. The van der Waals surface area contributed by atoms with E-state index < -0.39 is 21.4 Å². The second-order valence-electron chi connectivity index (χ2n) is 3.56. The van der Waals surface area contributed by atoms with Gasteiger partial charge in [-0.05, 0) is 19.1 Å². The molecular weight excluding hydrogens is 315 g/mol. The topological polar surface area (TPSA) is 80.7 Å². The molecule has 0 aliphatic heterocycles. The molecule has 0 aliphatic carbocycles. The number of halogens is 2. The fraction of sp³-hybridized carbons (Fsp3) is 0.364. The van der Waals surface area contributed by atoms with Gasteiger partial charge in [0, 0.05) is 6.61 Å². The molecule has 0 saturated carbocycles. The quantitative estimate of drug-likeness (QED) is 0.812. The molecule has 1 N–H and O–H groups in total. The highest BCUT2D eigenvalue weighted by Gasteiger charge is 2.24. The number of carboxylic acid groups (broad SMARTS) is 1. The Morgan fingerprint density at radius 3 is 2.53 bits per heavy atom. The van der Waals surface area contributed by atoms with E-state index >= 15 is 0 Å². The molecule has 0 radical (unpaired) electrons. The van der Waals surface area contributed by atoms with Gasteiger partial charge in [-0.25, -0.2) is 13.2 Å². The van der Waals surface area contributed by atoms with Crippen molar-refractivity contribution in [1.29, 1.82) is 0 Å². The molecule has 0 amide bonds. The normalized spacial score (nSPS) is 11.5. The zero-order valence-electron chi connectivity index (χ0n) is 10.0. The van der Waals surface area contributed by atoms with Crippen LogP contribution in [0.4, 0.5) is 0 Å². The number of ether oxygens (including phenoxy) is 1. The third-order valence-electron chi connectivity index (χ3n) is 2.31. The van der Waals surface area contributed by atoms with E-state index in [4.69, 9.17) is 33.0 Å². The van der Waals surface area contributed by atoms with Gasteiger partial charge in [0.05, 0.1) is 32.9 Å². The van der Waals surface area contributed by atoms with Crippen LogP contribution in [-0.4, -0.2) is 38.5 Å². The van der Waals surface area contributed by atoms with Crippen LogP contribution in [-0.2, 0) is 14.6 Å². The van der Waals surface area contributed by atoms with Gasteiger partial charge in [0.1, 0.15) is 0 Å². The summed E-state index contributed by atoms with van der Waals surface area (Å²) in [6, 6.07) is 2.39. The summed E-state index contributed by atoms with van der Waals surface area (Å²) in [6.45, 7) is 2.15. The van der Waals surface area contributed by atoms with Gasteiger partial charge in [0.25, 0.3) is 0 Å². The number of hydrogen-bond donors (Lipinski definition) is 1. The highest BCUT2D eigenvalue weighted by molar-refractivity contribution is 7.91. The van der Waals surface area contributed by atoms with Crippen molar-refractivity contribution in [3.8, 4) is 0 Å². The first kappa shape index (κ1) is 16.2. The molecule has 0 fully saturated rings. The zero-order chi connectivity index (χ0) is 14.6. The van der Waals surface area contributed by atoms with Crippen molar-refractivity contribution in [1.82, 2.24) is 0 Å². The van der Waals surface area contributed by atoms with E-state index in [1.807, 2.05) is 0 Å². The molecule has 1 aromatic carbocycles. The van der Waals surface area contributed by atoms with Crippen molar-refractivity contribution in [2.24, 2.45) is 0 Å². The summed E-state index contributed by atoms with van der Waals surface area (Å²) in [5.74, 6) is -1.65. The SMILES string of the molecule is CCOCCS(=O)(=O)c1ccc(Cl)c(C(=O)O)c1Cl. The van der Waals surface area contributed by atoms with Crippen LogP contribution in [0.2, 0.25) is 10.0 Å². The summed E-state index contributed by atoms with van der Waals surface area (Å²) in [5, 5.41) is 8.47. The number of rotatable bonds is 6. The molecule has 0 bridgehead atoms. The van der Waals surface area contributed by atoms with Gasteiger partial charge in [0.15, 0.2) is 9.84 Å². The standard InChI is InChI=1S/C11H12Cl2O5S/c1-2-18-5-6-19(16,17)8-4-3-7(12)9(10(8)13)11(14)15/h3-4H,2,5-6H2,1H3,(H,14,15). The van der Waals surface area contributed by atoms with Crippen molar-refractivity contribution in [3.05, 3.63) is 27.7 Å². The molecule has 0 spiro atoms. The molecule has 0 saturated heterocycles. The molecule has 0 aliphatic rings. The van der Waals surface area contributed by atoms with Crippen molar-refractivity contribution in [2.45, 2.75) is 11.8 Å². The van der Waals surface area contributed by atoms with E-state index in [2.05, 4.69) is 0 Å². The van der Waals surface area contributed by atoms with Crippen molar-refractivity contribution < 1.29 is 23.1 Å². The molecule has 1 aromatic rings. The van der Waals surface area contributed by atoms with E-state index in [1.54, 1.807) is 6.92 Å². The summed E-state index contributed by atoms with van der Waals surface area (Å²) >= 11 is 11.5. The second-order valence-corrected chi connectivity index (χ2v) is 6.42. The summed E-state index contributed by atoms with van der Waals surface area (Å²) in [7, 11) is -3.71. The fourth-order valence-electron chi connectivity index (χ4n) is 1.39. The Morgan fingerprint density at radius 2 is 2.00 bits per heavy atom. The number of carboxylic acids is 1. The van der Waals surface area contributed by atoms with E-state index in [9.17, 15) is 13.2 Å². The van der Waals surface area contributed by atoms with E-state index in [0.717, 1.165) is 0 Å². The van der Waals surface area contributed by atoms with Gasteiger partial charge in [-0.15, -0.1) is 0 Å². The third kappa shape index (κ3) is 3.82. The highest BCUT2D eigenvalue weighted by Crippen LogP contribution is 2.31. The minimum absolute atomic E-state index is 0.0141. The van der Waals surface area contributed by atoms with Gasteiger partial charge < -0.3 is 9.84 Å². The molecular formula is C11H12Cl2O5S. The van der Waals surface area contributed by atoms with Gasteiger partial charge in [-0.1, -0.05) is 23.2 Å². The van der Waals surface area contributed by atoms with Crippen molar-refractivity contribution in [2.75, 3.05) is 19.0 Å². The van der Waals surface area contributed by atoms with Gasteiger partial charge in [-0.3, -0.25) is 0 Å². The number of aromatic carboxylic acids is 1. The maximum atomic E-state index is 12.0. The lowest BCUT2D eigenvalue weighted by molar-refractivity contribution is 0.0697. The van der Waals surface area contributed by atoms with Crippen LogP contribution in [0.25, 0.3) is 0 Å². The molecule has 1 rings (SSSR count). The Balaban J connectivity index is 3.21. The minimum Gasteiger partial charge on any atom is -0.478 e. The van der Waals surface area contributed by atoms with Crippen LogP contribution < -0.4 is 0 Å². The average molecular weight is 327 g/mol. The molecule has 0 aromatic heterocycles. The average Bonchev–Trinajstić information content (AvgIpc) is 2.28. The van der Waals surface area contributed by atoms with Crippen LogP contribution in [0.3, 0.4) is 0 Å².